The molecule has 3 atom stereocenters. The van der Waals surface area contributed by atoms with Crippen molar-refractivity contribution in [2.45, 2.75) is 116 Å². The van der Waals surface area contributed by atoms with Crippen LogP contribution >= 0.6 is 0 Å². The lowest BCUT2D eigenvalue weighted by atomic mass is 10.0. The summed E-state index contributed by atoms with van der Waals surface area (Å²) in [6.07, 6.45) is 12.7. The van der Waals surface area contributed by atoms with Gasteiger partial charge in [-0.25, -0.2) is 14.4 Å². The average molecular weight is 697 g/mol. The van der Waals surface area contributed by atoms with Gasteiger partial charge >= 0.3 is 17.9 Å². The van der Waals surface area contributed by atoms with Crippen molar-refractivity contribution in [2.75, 3.05) is 0 Å². The highest BCUT2D eigenvalue weighted by Gasteiger charge is 2.35. The van der Waals surface area contributed by atoms with Crippen LogP contribution in [0.1, 0.15) is 108 Å². The van der Waals surface area contributed by atoms with Crippen LogP contribution in [0.5, 0.6) is 17.2 Å². The zero-order valence-corrected chi connectivity index (χ0v) is 30.1. The normalized spacial score (nSPS) is 15.1. The predicted molar refractivity (Wildman–Crippen MR) is 199 cm³/mol. The summed E-state index contributed by atoms with van der Waals surface area (Å²) >= 11 is 0. The van der Waals surface area contributed by atoms with Crippen LogP contribution in [0.4, 0.5) is 0 Å². The summed E-state index contributed by atoms with van der Waals surface area (Å²) in [5.41, 5.74) is 2.74. The van der Waals surface area contributed by atoms with Crippen LogP contribution < -0.4 is 14.2 Å². The summed E-state index contributed by atoms with van der Waals surface area (Å²) in [7, 11) is 0. The number of benzene rings is 3. The highest BCUT2D eigenvalue weighted by Crippen LogP contribution is 2.29. The van der Waals surface area contributed by atoms with Crippen molar-refractivity contribution in [2.24, 2.45) is 0 Å². The fourth-order valence-corrected chi connectivity index (χ4v) is 5.90. The third-order valence-corrected chi connectivity index (χ3v) is 8.86. The van der Waals surface area contributed by atoms with Crippen LogP contribution in [-0.2, 0) is 19.1 Å². The van der Waals surface area contributed by atoms with Gasteiger partial charge in [-0.1, -0.05) is 103 Å². The van der Waals surface area contributed by atoms with Crippen molar-refractivity contribution in [3.05, 3.63) is 103 Å². The Balaban J connectivity index is 1.30. The van der Waals surface area contributed by atoms with E-state index in [1.165, 1.54) is 25.7 Å². The number of hydrogen-bond acceptors (Lipinski definition) is 8. The maximum Gasteiger partial charge on any atom is 0.343 e. The average Bonchev–Trinajstić information content (AvgIpc) is 3.48. The zero-order chi connectivity index (χ0) is 36.4. The Hall–Kier alpha value is -4.85. The zero-order valence-electron chi connectivity index (χ0n) is 30.1. The van der Waals surface area contributed by atoms with E-state index in [2.05, 4.69) is 27.0 Å². The van der Waals surface area contributed by atoms with Crippen molar-refractivity contribution < 1.29 is 38.1 Å². The van der Waals surface area contributed by atoms with Gasteiger partial charge in [0.25, 0.3) is 0 Å². The highest BCUT2D eigenvalue weighted by molar-refractivity contribution is 5.91. The van der Waals surface area contributed by atoms with Gasteiger partial charge in [-0.3, -0.25) is 0 Å². The lowest BCUT2D eigenvalue weighted by molar-refractivity contribution is -0.158. The number of hydrogen-bond donors (Lipinski definition) is 0. The van der Waals surface area contributed by atoms with Crippen LogP contribution in [0.25, 0.3) is 11.1 Å². The van der Waals surface area contributed by atoms with E-state index >= 15 is 0 Å². The van der Waals surface area contributed by atoms with Gasteiger partial charge in [0, 0.05) is 24.5 Å². The van der Waals surface area contributed by atoms with E-state index in [1.54, 1.807) is 36.4 Å². The SMILES string of the molecule is C=CC(=O)OC(CCCCCC)Oc1ccc(-c2ccc(OC(=O)c3ccc(OC(CCCCCCCC)C4CC(=C)C(=O)O4)cc3)cc2)cc1. The molecule has 1 heterocycles. The van der Waals surface area contributed by atoms with Crippen LogP contribution in [0.2, 0.25) is 0 Å². The number of unbranched alkanes of at least 4 members (excludes halogenated alkanes) is 8. The molecule has 0 saturated carbocycles. The molecule has 0 bridgehead atoms. The molecule has 3 unspecified atom stereocenters. The molecule has 0 aromatic heterocycles. The number of carbonyl (C=O) groups excluding carboxylic acids is 3. The summed E-state index contributed by atoms with van der Waals surface area (Å²) in [5, 5.41) is 0. The lowest BCUT2D eigenvalue weighted by Gasteiger charge is -2.24. The molecule has 0 spiro atoms. The molecule has 1 fully saturated rings. The van der Waals surface area contributed by atoms with Gasteiger partial charge in [-0.15, -0.1) is 0 Å². The van der Waals surface area contributed by atoms with Crippen molar-refractivity contribution in [3.63, 3.8) is 0 Å². The fraction of sp³-hybridized carbons (Fsp3) is 0.419. The second kappa shape index (κ2) is 20.7. The largest absolute Gasteiger partial charge is 0.487 e. The Kier molecular flexibility index (Phi) is 15.8. The summed E-state index contributed by atoms with van der Waals surface area (Å²) in [4.78, 5) is 36.8. The van der Waals surface area contributed by atoms with E-state index in [1.807, 2.05) is 36.4 Å². The number of carbonyl (C=O) groups is 3. The second-order valence-electron chi connectivity index (χ2n) is 13.0. The van der Waals surface area contributed by atoms with E-state index in [0.29, 0.717) is 41.2 Å². The van der Waals surface area contributed by atoms with Crippen LogP contribution in [0, 0.1) is 0 Å². The van der Waals surface area contributed by atoms with Gasteiger partial charge in [0.15, 0.2) is 0 Å². The number of rotatable bonds is 22. The minimum atomic E-state index is -0.679. The van der Waals surface area contributed by atoms with Gasteiger partial charge in [0.2, 0.25) is 6.29 Å². The third-order valence-electron chi connectivity index (χ3n) is 8.86. The molecular weight excluding hydrogens is 644 g/mol. The number of ether oxygens (including phenoxy) is 5. The summed E-state index contributed by atoms with van der Waals surface area (Å²) in [6.45, 7) is 11.6. The van der Waals surface area contributed by atoms with Gasteiger partial charge in [0.05, 0.1) is 5.56 Å². The van der Waals surface area contributed by atoms with Gasteiger partial charge in [0.1, 0.15) is 29.5 Å². The standard InChI is InChI=1S/C43H52O8/c1-5-8-10-12-13-14-16-38(39-30-31(4)42(45)50-39)47-35-28-22-34(23-29-35)43(46)49-37-26-20-33(21-27-37)32-18-24-36(25-19-32)48-41(51-40(44)7-3)17-15-11-9-6-2/h7,18-29,38-39,41H,3-6,8-17,30H2,1-2H3. The lowest BCUT2D eigenvalue weighted by Crippen LogP contribution is -2.31. The minimum Gasteiger partial charge on any atom is -0.487 e. The van der Waals surface area contributed by atoms with Crippen molar-refractivity contribution >= 4 is 17.9 Å². The Bertz CT molecular complexity index is 1540. The van der Waals surface area contributed by atoms with Crippen LogP contribution in [0.15, 0.2) is 97.6 Å². The molecule has 8 heteroatoms. The third kappa shape index (κ3) is 12.8. The summed E-state index contributed by atoms with van der Waals surface area (Å²) < 4.78 is 28.9. The molecule has 1 aliphatic rings. The smallest absolute Gasteiger partial charge is 0.343 e. The Labute approximate surface area is 302 Å². The monoisotopic (exact) mass is 696 g/mol. The van der Waals surface area contributed by atoms with Gasteiger partial charge in [-0.05, 0) is 78.9 Å². The molecule has 3 aromatic rings. The van der Waals surface area contributed by atoms with Gasteiger partial charge < -0.3 is 23.7 Å². The first-order valence-electron chi connectivity index (χ1n) is 18.4. The summed E-state index contributed by atoms with van der Waals surface area (Å²) in [5.74, 6) is 0.250. The molecule has 51 heavy (non-hydrogen) atoms. The molecule has 0 radical (unpaired) electrons. The Morgan fingerprint density at radius 3 is 1.86 bits per heavy atom. The predicted octanol–water partition coefficient (Wildman–Crippen LogP) is 10.3. The van der Waals surface area contributed by atoms with Crippen molar-refractivity contribution in [1.82, 2.24) is 0 Å². The molecule has 0 N–H and O–H groups in total. The molecule has 3 aromatic carbocycles. The fourth-order valence-electron chi connectivity index (χ4n) is 5.90. The Morgan fingerprint density at radius 2 is 1.27 bits per heavy atom. The van der Waals surface area contributed by atoms with E-state index in [9.17, 15) is 14.4 Å². The van der Waals surface area contributed by atoms with Crippen molar-refractivity contribution in [3.8, 4) is 28.4 Å². The van der Waals surface area contributed by atoms with E-state index in [0.717, 1.165) is 62.1 Å². The molecule has 4 rings (SSSR count). The van der Waals surface area contributed by atoms with Crippen molar-refractivity contribution in [1.29, 1.82) is 0 Å². The molecule has 0 amide bonds. The molecule has 1 aliphatic heterocycles. The van der Waals surface area contributed by atoms with Crippen LogP contribution in [-0.4, -0.2) is 36.4 Å². The van der Waals surface area contributed by atoms with Gasteiger partial charge in [-0.2, -0.15) is 0 Å². The van der Waals surface area contributed by atoms with Crippen LogP contribution in [0.3, 0.4) is 0 Å². The number of cyclic esters (lactones) is 1. The molecular formula is C43H52O8. The van der Waals surface area contributed by atoms with E-state index in [-0.39, 0.29) is 18.2 Å². The highest BCUT2D eigenvalue weighted by atomic mass is 16.7. The Morgan fingerprint density at radius 1 is 0.745 bits per heavy atom. The first-order valence-corrected chi connectivity index (χ1v) is 18.4. The van der Waals surface area contributed by atoms with E-state index < -0.39 is 18.2 Å². The summed E-state index contributed by atoms with van der Waals surface area (Å²) in [6, 6.07) is 21.6. The minimum absolute atomic E-state index is 0.293. The molecule has 0 aliphatic carbocycles. The second-order valence-corrected chi connectivity index (χ2v) is 13.0. The van der Waals surface area contributed by atoms with E-state index in [4.69, 9.17) is 23.7 Å². The first-order chi connectivity index (χ1) is 24.8. The number of esters is 3. The quantitative estimate of drug-likeness (QED) is 0.0337. The topological polar surface area (TPSA) is 97.4 Å². The molecule has 8 nitrogen and oxygen atoms in total. The maximum atomic E-state index is 13.0. The first kappa shape index (κ1) is 38.9. The molecule has 1 saturated heterocycles. The molecule has 272 valence electrons. The maximum absolute atomic E-state index is 13.0.